The van der Waals surface area contributed by atoms with Crippen molar-refractivity contribution in [3.8, 4) is 0 Å². The van der Waals surface area contributed by atoms with E-state index in [1.165, 1.54) is 4.88 Å². The third kappa shape index (κ3) is 3.30. The molecule has 0 amide bonds. The van der Waals surface area contributed by atoms with Crippen LogP contribution >= 0.6 is 23.1 Å². The van der Waals surface area contributed by atoms with Crippen LogP contribution in [0.2, 0.25) is 0 Å². The van der Waals surface area contributed by atoms with Crippen molar-refractivity contribution in [1.29, 1.82) is 0 Å². The van der Waals surface area contributed by atoms with E-state index in [4.69, 9.17) is 7.85 Å². The van der Waals surface area contributed by atoms with Gasteiger partial charge in [-0.1, -0.05) is 13.0 Å². The normalized spacial score (nSPS) is 33.1. The molecule has 1 aromatic rings. The highest BCUT2D eigenvalue weighted by atomic mass is 32.2. The van der Waals surface area contributed by atoms with Gasteiger partial charge in [-0.25, -0.2) is 0 Å². The number of rotatable bonds is 5. The van der Waals surface area contributed by atoms with E-state index in [1.807, 2.05) is 11.3 Å². The summed E-state index contributed by atoms with van der Waals surface area (Å²) in [4.78, 5) is 1.44. The van der Waals surface area contributed by atoms with Crippen molar-refractivity contribution < 1.29 is 5.11 Å². The molecule has 1 saturated carbocycles. The molecule has 2 rings (SSSR count). The first-order valence-electron chi connectivity index (χ1n) is 6.20. The molecule has 1 N–H and O–H groups in total. The summed E-state index contributed by atoms with van der Waals surface area (Å²) in [6, 6.07) is 4.31. The van der Waals surface area contributed by atoms with E-state index in [0.29, 0.717) is 23.4 Å². The lowest BCUT2D eigenvalue weighted by Gasteiger charge is -2.23. The van der Waals surface area contributed by atoms with E-state index in [9.17, 15) is 5.11 Å². The summed E-state index contributed by atoms with van der Waals surface area (Å²) in [5, 5.41) is 12.3. The van der Waals surface area contributed by atoms with Crippen molar-refractivity contribution >= 4 is 30.9 Å². The van der Waals surface area contributed by atoms with Gasteiger partial charge in [0.1, 0.15) is 0 Å². The first kappa shape index (κ1) is 13.5. The molecule has 1 aliphatic rings. The van der Waals surface area contributed by atoms with Crippen molar-refractivity contribution in [3.63, 3.8) is 0 Å². The Labute approximate surface area is 113 Å². The van der Waals surface area contributed by atoms with Crippen LogP contribution in [0.25, 0.3) is 0 Å². The first-order chi connectivity index (χ1) is 8.22. The van der Waals surface area contributed by atoms with Crippen molar-refractivity contribution in [2.45, 2.75) is 25.9 Å². The Bertz CT molecular complexity index is 328. The molecule has 0 aliphatic heterocycles. The van der Waals surface area contributed by atoms with Gasteiger partial charge in [0.25, 0.3) is 0 Å². The van der Waals surface area contributed by atoms with Gasteiger partial charge < -0.3 is 5.11 Å². The molecule has 1 nitrogen and oxygen atoms in total. The molecule has 0 bridgehead atoms. The Morgan fingerprint density at radius 2 is 2.35 bits per heavy atom. The molecule has 92 valence electrons. The van der Waals surface area contributed by atoms with Crippen molar-refractivity contribution in [3.05, 3.63) is 22.4 Å². The van der Waals surface area contributed by atoms with E-state index in [1.54, 1.807) is 11.8 Å². The number of thioether (sulfide) groups is 1. The summed E-state index contributed by atoms with van der Waals surface area (Å²) in [7, 11) is 5.55. The monoisotopic (exact) mass is 266 g/mol. The molecule has 0 saturated heterocycles. The molecule has 2 radical (unpaired) electrons. The van der Waals surface area contributed by atoms with Crippen LogP contribution in [0, 0.1) is 17.8 Å². The van der Waals surface area contributed by atoms with Gasteiger partial charge in [0, 0.05) is 4.88 Å². The minimum Gasteiger partial charge on any atom is -0.393 e. The molecule has 0 aromatic carbocycles. The van der Waals surface area contributed by atoms with E-state index < -0.39 is 0 Å². The molecule has 4 heteroatoms. The van der Waals surface area contributed by atoms with Gasteiger partial charge in [0.15, 0.2) is 0 Å². The largest absolute Gasteiger partial charge is 0.393 e. The Morgan fingerprint density at radius 3 is 3.00 bits per heavy atom. The lowest BCUT2D eigenvalue weighted by molar-refractivity contribution is 0.130. The maximum Gasteiger partial charge on any atom is 0.0799 e. The Morgan fingerprint density at radius 1 is 1.53 bits per heavy atom. The van der Waals surface area contributed by atoms with Crippen LogP contribution in [0.5, 0.6) is 0 Å². The van der Waals surface area contributed by atoms with E-state index in [2.05, 4.69) is 24.4 Å². The first-order valence-corrected chi connectivity index (χ1v) is 8.24. The Balaban J connectivity index is 2.00. The summed E-state index contributed by atoms with van der Waals surface area (Å²) in [6.07, 6.45) is 1.94. The van der Waals surface area contributed by atoms with Gasteiger partial charge in [0.2, 0.25) is 0 Å². The molecular formula is C13H19BOS2. The SMILES string of the molecule is [B]CSCC1C(O)CC(C)C1Cc1cccs1. The highest BCUT2D eigenvalue weighted by Crippen LogP contribution is 2.41. The number of hydrogen-bond donors (Lipinski definition) is 1. The lowest BCUT2D eigenvalue weighted by atomic mass is 9.87. The second-order valence-corrected chi connectivity index (χ2v) is 7.04. The van der Waals surface area contributed by atoms with Gasteiger partial charge in [-0.15, -0.1) is 11.3 Å². The maximum atomic E-state index is 10.1. The van der Waals surface area contributed by atoms with Crippen molar-refractivity contribution in [2.75, 3.05) is 11.4 Å². The van der Waals surface area contributed by atoms with Crippen LogP contribution in [-0.2, 0) is 6.42 Å². The molecule has 1 fully saturated rings. The van der Waals surface area contributed by atoms with Gasteiger partial charge in [-0.3, -0.25) is 0 Å². The van der Waals surface area contributed by atoms with Crippen molar-refractivity contribution in [1.82, 2.24) is 0 Å². The van der Waals surface area contributed by atoms with Crippen LogP contribution in [-0.4, -0.2) is 30.5 Å². The Hall–Kier alpha value is 0.0749. The molecule has 1 aliphatic carbocycles. The average molecular weight is 266 g/mol. The van der Waals surface area contributed by atoms with Gasteiger partial charge in [-0.2, -0.15) is 11.8 Å². The zero-order valence-electron chi connectivity index (χ0n) is 10.2. The van der Waals surface area contributed by atoms with Gasteiger partial charge >= 0.3 is 0 Å². The van der Waals surface area contributed by atoms with Crippen LogP contribution in [0.3, 0.4) is 0 Å². The minimum atomic E-state index is -0.131. The van der Waals surface area contributed by atoms with Gasteiger partial charge in [0.05, 0.1) is 14.0 Å². The smallest absolute Gasteiger partial charge is 0.0799 e. The molecule has 1 heterocycles. The van der Waals surface area contributed by atoms with Crippen LogP contribution in [0.1, 0.15) is 18.2 Å². The van der Waals surface area contributed by atoms with Gasteiger partial charge in [-0.05, 0) is 53.4 Å². The minimum absolute atomic E-state index is 0.131. The second-order valence-electron chi connectivity index (χ2n) is 4.93. The summed E-state index contributed by atoms with van der Waals surface area (Å²) in [5.74, 6) is 2.65. The zero-order chi connectivity index (χ0) is 12.3. The standard InChI is InChI=1S/C13H19BOS2/c1-9-5-13(15)12(7-16-8-14)11(9)6-10-3-2-4-17-10/h2-4,9,11-13,15H,5-8H2,1H3. The maximum absolute atomic E-state index is 10.1. The fraction of sp³-hybridized carbons (Fsp3) is 0.692. The number of hydrogen-bond acceptors (Lipinski definition) is 3. The summed E-state index contributed by atoms with van der Waals surface area (Å²) >= 11 is 3.57. The summed E-state index contributed by atoms with van der Waals surface area (Å²) < 4.78 is 0. The molecule has 1 aromatic heterocycles. The predicted molar refractivity (Wildman–Crippen MR) is 77.9 cm³/mol. The molecule has 0 spiro atoms. The molecule has 17 heavy (non-hydrogen) atoms. The number of aliphatic hydroxyl groups is 1. The van der Waals surface area contributed by atoms with E-state index >= 15 is 0 Å². The van der Waals surface area contributed by atoms with Crippen LogP contribution in [0.4, 0.5) is 0 Å². The lowest BCUT2D eigenvalue weighted by Crippen LogP contribution is -2.24. The fourth-order valence-electron chi connectivity index (χ4n) is 2.89. The highest BCUT2D eigenvalue weighted by molar-refractivity contribution is 8.00. The fourth-order valence-corrected chi connectivity index (χ4v) is 4.55. The van der Waals surface area contributed by atoms with Crippen LogP contribution < -0.4 is 0 Å². The second kappa shape index (κ2) is 6.30. The third-order valence-corrected chi connectivity index (χ3v) is 5.59. The number of thiophene rings is 1. The molecule has 4 unspecified atom stereocenters. The molecule has 4 atom stereocenters. The quantitative estimate of drug-likeness (QED) is 0.827. The average Bonchev–Trinajstić information content (AvgIpc) is 2.88. The van der Waals surface area contributed by atoms with E-state index in [-0.39, 0.29) is 6.10 Å². The zero-order valence-corrected chi connectivity index (χ0v) is 11.8. The number of aliphatic hydroxyl groups excluding tert-OH is 1. The molecular weight excluding hydrogens is 247 g/mol. The summed E-state index contributed by atoms with van der Waals surface area (Å²) in [6.45, 7) is 2.27. The topological polar surface area (TPSA) is 20.2 Å². The van der Waals surface area contributed by atoms with E-state index in [0.717, 1.165) is 18.6 Å². The predicted octanol–water partition coefficient (Wildman–Crippen LogP) is 2.78. The van der Waals surface area contributed by atoms with Crippen LogP contribution in [0.15, 0.2) is 17.5 Å². The van der Waals surface area contributed by atoms with Crippen molar-refractivity contribution in [2.24, 2.45) is 17.8 Å². The third-order valence-electron chi connectivity index (χ3n) is 3.83. The Kier molecular flexibility index (Phi) is 5.01. The summed E-state index contributed by atoms with van der Waals surface area (Å²) in [5.41, 5.74) is 0.656. The highest BCUT2D eigenvalue weighted by Gasteiger charge is 2.39.